The maximum Gasteiger partial charge on any atom is 0.135 e. The van der Waals surface area contributed by atoms with Crippen molar-refractivity contribution in [2.75, 3.05) is 20.2 Å². The lowest BCUT2D eigenvalue weighted by Crippen LogP contribution is -2.19. The molecule has 0 saturated carbocycles. The highest BCUT2D eigenvalue weighted by molar-refractivity contribution is 9.11. The zero-order chi connectivity index (χ0) is 15.0. The van der Waals surface area contributed by atoms with Crippen molar-refractivity contribution in [2.24, 2.45) is 0 Å². The predicted molar refractivity (Wildman–Crippen MR) is 90.9 cm³/mol. The lowest BCUT2D eigenvalue weighted by atomic mass is 10.2. The molecule has 5 heteroatoms. The quantitative estimate of drug-likeness (QED) is 0.597. The van der Waals surface area contributed by atoms with E-state index in [2.05, 4.69) is 51.0 Å². The summed E-state index contributed by atoms with van der Waals surface area (Å²) in [7, 11) is 1.65. The number of hydrogen-bond donors (Lipinski definition) is 1. The van der Waals surface area contributed by atoms with Crippen LogP contribution in [0.4, 0.5) is 0 Å². The Morgan fingerprint density at radius 3 is 2.45 bits per heavy atom. The van der Waals surface area contributed by atoms with E-state index >= 15 is 0 Å². The molecule has 1 rings (SSSR count). The van der Waals surface area contributed by atoms with Crippen LogP contribution in [-0.2, 0) is 0 Å². The molecule has 0 aromatic heterocycles. The number of benzene rings is 1. The number of hydrogen-bond acceptors (Lipinski definition) is 3. The Morgan fingerprint density at radius 2 is 1.80 bits per heavy atom. The van der Waals surface area contributed by atoms with Gasteiger partial charge in [0.15, 0.2) is 0 Å². The molecule has 114 valence electrons. The SMILES string of the molecule is CCCNCCCC(C)Oc1cc(Br)c(OC)cc1Br. The highest BCUT2D eigenvalue weighted by atomic mass is 79.9. The molecule has 0 fully saturated rings. The van der Waals surface area contributed by atoms with Gasteiger partial charge in [0.1, 0.15) is 11.5 Å². The van der Waals surface area contributed by atoms with Crippen molar-refractivity contribution in [3.63, 3.8) is 0 Å². The van der Waals surface area contributed by atoms with Crippen LogP contribution < -0.4 is 14.8 Å². The molecule has 3 nitrogen and oxygen atoms in total. The zero-order valence-electron chi connectivity index (χ0n) is 12.3. The van der Waals surface area contributed by atoms with Crippen LogP contribution in [0.3, 0.4) is 0 Å². The summed E-state index contributed by atoms with van der Waals surface area (Å²) in [6.45, 7) is 6.42. The van der Waals surface area contributed by atoms with E-state index in [1.807, 2.05) is 12.1 Å². The third-order valence-corrected chi connectivity index (χ3v) is 4.16. The molecule has 20 heavy (non-hydrogen) atoms. The zero-order valence-corrected chi connectivity index (χ0v) is 15.5. The molecular formula is C15H23Br2NO2. The van der Waals surface area contributed by atoms with Gasteiger partial charge in [-0.3, -0.25) is 0 Å². The number of rotatable bonds is 9. The van der Waals surface area contributed by atoms with E-state index in [4.69, 9.17) is 9.47 Å². The second kappa shape index (κ2) is 9.64. The van der Waals surface area contributed by atoms with Crippen LogP contribution in [0.15, 0.2) is 21.1 Å². The first kappa shape index (κ1) is 17.8. The van der Waals surface area contributed by atoms with Gasteiger partial charge in [-0.2, -0.15) is 0 Å². The third-order valence-electron chi connectivity index (χ3n) is 2.93. The van der Waals surface area contributed by atoms with Crippen LogP contribution in [0.5, 0.6) is 11.5 Å². The molecule has 1 N–H and O–H groups in total. The minimum Gasteiger partial charge on any atom is -0.496 e. The van der Waals surface area contributed by atoms with Gasteiger partial charge in [-0.1, -0.05) is 6.92 Å². The highest BCUT2D eigenvalue weighted by Gasteiger charge is 2.11. The summed E-state index contributed by atoms with van der Waals surface area (Å²) in [6.07, 6.45) is 3.52. The summed E-state index contributed by atoms with van der Waals surface area (Å²) < 4.78 is 13.0. The van der Waals surface area contributed by atoms with Crippen LogP contribution in [0.2, 0.25) is 0 Å². The lowest BCUT2D eigenvalue weighted by molar-refractivity contribution is 0.206. The normalized spacial score (nSPS) is 12.2. The molecule has 0 aliphatic rings. The molecule has 0 radical (unpaired) electrons. The molecule has 1 unspecified atom stereocenters. The second-order valence-electron chi connectivity index (χ2n) is 4.74. The van der Waals surface area contributed by atoms with Crippen LogP contribution in [-0.4, -0.2) is 26.3 Å². The van der Waals surface area contributed by atoms with Gasteiger partial charge in [0.25, 0.3) is 0 Å². The molecule has 0 saturated heterocycles. The van der Waals surface area contributed by atoms with Crippen LogP contribution in [0, 0.1) is 0 Å². The van der Waals surface area contributed by atoms with Crippen molar-refractivity contribution in [1.82, 2.24) is 5.32 Å². The van der Waals surface area contributed by atoms with Gasteiger partial charge >= 0.3 is 0 Å². The molecule has 1 atom stereocenters. The molecule has 1 aromatic rings. The van der Waals surface area contributed by atoms with Crippen molar-refractivity contribution < 1.29 is 9.47 Å². The standard InChI is InChI=1S/C15H23Br2NO2/c1-4-7-18-8-5-6-11(2)20-15-10-12(16)14(19-3)9-13(15)17/h9-11,18H,4-8H2,1-3H3. The van der Waals surface area contributed by atoms with Crippen molar-refractivity contribution in [3.05, 3.63) is 21.1 Å². The van der Waals surface area contributed by atoms with Crippen LogP contribution >= 0.6 is 31.9 Å². The molecule has 0 aliphatic heterocycles. The molecule has 0 bridgehead atoms. The maximum atomic E-state index is 5.97. The fourth-order valence-corrected chi connectivity index (χ4v) is 2.75. The Hall–Kier alpha value is -0.260. The molecule has 1 aromatic carbocycles. The van der Waals surface area contributed by atoms with E-state index < -0.39 is 0 Å². The van der Waals surface area contributed by atoms with Crippen LogP contribution in [0.25, 0.3) is 0 Å². The van der Waals surface area contributed by atoms with Crippen LogP contribution in [0.1, 0.15) is 33.1 Å². The smallest absolute Gasteiger partial charge is 0.135 e. The van der Waals surface area contributed by atoms with E-state index in [-0.39, 0.29) is 6.10 Å². The van der Waals surface area contributed by atoms with E-state index in [1.165, 1.54) is 6.42 Å². The van der Waals surface area contributed by atoms with E-state index in [1.54, 1.807) is 7.11 Å². The molecule has 0 spiro atoms. The van der Waals surface area contributed by atoms with Crippen molar-refractivity contribution in [2.45, 2.75) is 39.2 Å². The third kappa shape index (κ3) is 6.02. The maximum absolute atomic E-state index is 5.97. The Bertz CT molecular complexity index is 413. The average molecular weight is 409 g/mol. The Kier molecular flexibility index (Phi) is 8.57. The predicted octanol–water partition coefficient (Wildman–Crippen LogP) is 4.77. The van der Waals surface area contributed by atoms with E-state index in [0.717, 1.165) is 46.4 Å². The first-order valence-electron chi connectivity index (χ1n) is 6.98. The van der Waals surface area contributed by atoms with Gasteiger partial charge in [-0.25, -0.2) is 0 Å². The summed E-state index contributed by atoms with van der Waals surface area (Å²) in [5.41, 5.74) is 0. The number of methoxy groups -OCH3 is 1. The number of ether oxygens (including phenoxy) is 2. The average Bonchev–Trinajstić information content (AvgIpc) is 2.42. The van der Waals surface area contributed by atoms with Gasteiger partial charge in [0, 0.05) is 0 Å². The summed E-state index contributed by atoms with van der Waals surface area (Å²) >= 11 is 6.99. The molecular weight excluding hydrogens is 386 g/mol. The fraction of sp³-hybridized carbons (Fsp3) is 0.600. The first-order chi connectivity index (χ1) is 9.58. The lowest BCUT2D eigenvalue weighted by Gasteiger charge is -2.17. The monoisotopic (exact) mass is 407 g/mol. The topological polar surface area (TPSA) is 30.5 Å². The summed E-state index contributed by atoms with van der Waals surface area (Å²) in [6, 6.07) is 3.85. The van der Waals surface area contributed by atoms with Gasteiger partial charge in [0.05, 0.1) is 22.2 Å². The highest BCUT2D eigenvalue weighted by Crippen LogP contribution is 2.36. The Balaban J connectivity index is 2.45. The van der Waals surface area contributed by atoms with E-state index in [9.17, 15) is 0 Å². The Morgan fingerprint density at radius 1 is 1.15 bits per heavy atom. The van der Waals surface area contributed by atoms with Gasteiger partial charge < -0.3 is 14.8 Å². The van der Waals surface area contributed by atoms with Gasteiger partial charge in [-0.15, -0.1) is 0 Å². The number of nitrogens with one attached hydrogen (secondary N) is 1. The largest absolute Gasteiger partial charge is 0.496 e. The van der Waals surface area contributed by atoms with Gasteiger partial charge in [-0.05, 0) is 83.3 Å². The molecule has 0 amide bonds. The van der Waals surface area contributed by atoms with Crippen molar-refractivity contribution in [3.8, 4) is 11.5 Å². The van der Waals surface area contributed by atoms with Gasteiger partial charge in [0.2, 0.25) is 0 Å². The molecule has 0 heterocycles. The molecule has 0 aliphatic carbocycles. The summed E-state index contributed by atoms with van der Waals surface area (Å²) in [4.78, 5) is 0. The first-order valence-corrected chi connectivity index (χ1v) is 8.57. The fourth-order valence-electron chi connectivity index (χ4n) is 1.85. The number of halogens is 2. The second-order valence-corrected chi connectivity index (χ2v) is 6.45. The Labute approximate surface area is 138 Å². The van der Waals surface area contributed by atoms with Crippen molar-refractivity contribution in [1.29, 1.82) is 0 Å². The minimum absolute atomic E-state index is 0.190. The van der Waals surface area contributed by atoms with E-state index in [0.29, 0.717) is 0 Å². The minimum atomic E-state index is 0.190. The summed E-state index contributed by atoms with van der Waals surface area (Å²) in [5, 5.41) is 3.40. The van der Waals surface area contributed by atoms with Crippen molar-refractivity contribution >= 4 is 31.9 Å². The summed E-state index contributed by atoms with van der Waals surface area (Å²) in [5.74, 6) is 1.63.